The summed E-state index contributed by atoms with van der Waals surface area (Å²) in [6.07, 6.45) is 7.13. The highest BCUT2D eigenvalue weighted by Gasteiger charge is 2.38. The van der Waals surface area contributed by atoms with Crippen molar-refractivity contribution in [3.8, 4) is 5.75 Å². The minimum atomic E-state index is -0.00564. The van der Waals surface area contributed by atoms with Gasteiger partial charge in [0.15, 0.2) is 0 Å². The van der Waals surface area contributed by atoms with Gasteiger partial charge in [0.25, 0.3) is 0 Å². The van der Waals surface area contributed by atoms with Gasteiger partial charge >= 0.3 is 5.69 Å². The van der Waals surface area contributed by atoms with Crippen molar-refractivity contribution in [2.45, 2.75) is 70.1 Å². The molecule has 1 saturated carbocycles. The molecule has 6 nitrogen and oxygen atoms in total. The molecule has 1 N–H and O–H groups in total. The highest BCUT2D eigenvalue weighted by molar-refractivity contribution is 5.77. The van der Waals surface area contributed by atoms with Crippen molar-refractivity contribution < 1.29 is 9.47 Å². The zero-order valence-electron chi connectivity index (χ0n) is 17.4. The fourth-order valence-electron chi connectivity index (χ4n) is 5.15. The molecule has 28 heavy (non-hydrogen) atoms. The molecule has 0 amide bonds. The zero-order chi connectivity index (χ0) is 19.7. The normalized spacial score (nSPS) is 27.3. The smallest absolute Gasteiger partial charge is 0.326 e. The van der Waals surface area contributed by atoms with E-state index in [1.54, 1.807) is 0 Å². The largest absolute Gasteiger partial charge is 0.494 e. The quantitative estimate of drug-likeness (QED) is 0.850. The second-order valence-corrected chi connectivity index (χ2v) is 8.56. The van der Waals surface area contributed by atoms with Crippen molar-refractivity contribution in [1.29, 1.82) is 0 Å². The average Bonchev–Trinajstić information content (AvgIpc) is 3.04. The van der Waals surface area contributed by atoms with Gasteiger partial charge in [0.2, 0.25) is 0 Å². The van der Waals surface area contributed by atoms with Crippen LogP contribution in [0.15, 0.2) is 23.0 Å². The number of piperidine rings is 1. The van der Waals surface area contributed by atoms with Gasteiger partial charge in [0, 0.05) is 37.8 Å². The van der Waals surface area contributed by atoms with E-state index in [4.69, 9.17) is 9.47 Å². The molecule has 0 unspecified atom stereocenters. The SMILES string of the molecule is CCOc1ccc2[nH]c(=O)n(C3CCN([C@]4(C)CC[C@@H](OC)CC4)CC3)c2c1. The lowest BCUT2D eigenvalue weighted by Crippen LogP contribution is -2.52. The monoisotopic (exact) mass is 387 g/mol. The van der Waals surface area contributed by atoms with Crippen LogP contribution in [0.5, 0.6) is 5.75 Å². The highest BCUT2D eigenvalue weighted by Crippen LogP contribution is 2.38. The lowest BCUT2D eigenvalue weighted by molar-refractivity contribution is -0.0146. The number of benzene rings is 1. The number of likely N-dealkylation sites (tertiary alicyclic amines) is 1. The number of nitrogens with zero attached hydrogens (tertiary/aromatic N) is 2. The molecule has 2 heterocycles. The third-order valence-electron chi connectivity index (χ3n) is 6.94. The molecule has 0 spiro atoms. The van der Waals surface area contributed by atoms with Crippen LogP contribution < -0.4 is 10.4 Å². The molecule has 1 aromatic carbocycles. The van der Waals surface area contributed by atoms with E-state index in [-0.39, 0.29) is 17.3 Å². The summed E-state index contributed by atoms with van der Waals surface area (Å²) in [5, 5.41) is 0. The van der Waals surface area contributed by atoms with Gasteiger partial charge in [-0.3, -0.25) is 9.47 Å². The van der Waals surface area contributed by atoms with Crippen LogP contribution in [0, 0.1) is 0 Å². The van der Waals surface area contributed by atoms with E-state index in [0.29, 0.717) is 12.7 Å². The molecule has 0 bridgehead atoms. The van der Waals surface area contributed by atoms with Crippen LogP contribution in [0.4, 0.5) is 0 Å². The Hall–Kier alpha value is -1.79. The molecule has 1 saturated heterocycles. The molecular weight excluding hydrogens is 354 g/mol. The third-order valence-corrected chi connectivity index (χ3v) is 6.94. The summed E-state index contributed by atoms with van der Waals surface area (Å²) in [6, 6.07) is 6.11. The van der Waals surface area contributed by atoms with Gasteiger partial charge in [-0.2, -0.15) is 0 Å². The van der Waals surface area contributed by atoms with Gasteiger partial charge < -0.3 is 14.5 Å². The first-order chi connectivity index (χ1) is 13.5. The van der Waals surface area contributed by atoms with E-state index in [1.165, 1.54) is 12.8 Å². The molecule has 2 fully saturated rings. The molecule has 154 valence electrons. The molecule has 4 rings (SSSR count). The summed E-state index contributed by atoms with van der Waals surface area (Å²) in [7, 11) is 1.83. The summed E-state index contributed by atoms with van der Waals surface area (Å²) in [5.74, 6) is 0.822. The summed E-state index contributed by atoms with van der Waals surface area (Å²) < 4.78 is 13.2. The van der Waals surface area contributed by atoms with E-state index in [9.17, 15) is 4.79 Å². The number of ether oxygens (including phenoxy) is 2. The van der Waals surface area contributed by atoms with Crippen LogP contribution in [0.2, 0.25) is 0 Å². The number of fused-ring (bicyclic) bond motifs is 1. The fourth-order valence-corrected chi connectivity index (χ4v) is 5.15. The van der Waals surface area contributed by atoms with Crippen LogP contribution in [-0.4, -0.2) is 52.9 Å². The second-order valence-electron chi connectivity index (χ2n) is 8.56. The minimum absolute atomic E-state index is 0.00564. The van der Waals surface area contributed by atoms with Gasteiger partial charge in [-0.15, -0.1) is 0 Å². The van der Waals surface area contributed by atoms with Gasteiger partial charge in [-0.1, -0.05) is 0 Å². The predicted octanol–water partition coefficient (Wildman–Crippen LogP) is 3.71. The number of methoxy groups -OCH3 is 1. The number of H-pyrrole nitrogens is 1. The van der Waals surface area contributed by atoms with Gasteiger partial charge in [-0.25, -0.2) is 4.79 Å². The van der Waals surface area contributed by atoms with Gasteiger partial charge in [-0.05, 0) is 64.5 Å². The van der Waals surface area contributed by atoms with Crippen molar-refractivity contribution in [3.63, 3.8) is 0 Å². The number of aromatic nitrogens is 2. The van der Waals surface area contributed by atoms with Crippen LogP contribution >= 0.6 is 0 Å². The topological polar surface area (TPSA) is 59.5 Å². The Labute approximate surface area is 166 Å². The highest BCUT2D eigenvalue weighted by atomic mass is 16.5. The molecule has 0 atom stereocenters. The van der Waals surface area contributed by atoms with Crippen molar-refractivity contribution >= 4 is 11.0 Å². The second kappa shape index (κ2) is 7.91. The Morgan fingerprint density at radius 1 is 1.18 bits per heavy atom. The molecule has 0 radical (unpaired) electrons. The molecule has 2 aliphatic rings. The summed E-state index contributed by atoms with van der Waals surface area (Å²) in [6.45, 7) is 7.10. The Kier molecular flexibility index (Phi) is 5.52. The number of hydrogen-bond acceptors (Lipinski definition) is 4. The predicted molar refractivity (Wildman–Crippen MR) is 111 cm³/mol. The van der Waals surface area contributed by atoms with E-state index >= 15 is 0 Å². The maximum Gasteiger partial charge on any atom is 0.326 e. The first kappa shape index (κ1) is 19.5. The van der Waals surface area contributed by atoms with Gasteiger partial charge in [0.05, 0.1) is 23.7 Å². The van der Waals surface area contributed by atoms with E-state index in [2.05, 4.69) is 16.8 Å². The van der Waals surface area contributed by atoms with Crippen LogP contribution in [0.3, 0.4) is 0 Å². The summed E-state index contributed by atoms with van der Waals surface area (Å²) in [5.41, 5.74) is 2.11. The van der Waals surface area contributed by atoms with Crippen molar-refractivity contribution in [2.75, 3.05) is 26.8 Å². The van der Waals surface area contributed by atoms with E-state index in [1.807, 2.05) is 36.8 Å². The van der Waals surface area contributed by atoms with Crippen molar-refractivity contribution in [2.24, 2.45) is 0 Å². The molecule has 1 aromatic heterocycles. The van der Waals surface area contributed by atoms with Crippen molar-refractivity contribution in [1.82, 2.24) is 14.5 Å². The number of rotatable bonds is 5. The lowest BCUT2D eigenvalue weighted by Gasteiger charge is -2.48. The Morgan fingerprint density at radius 3 is 2.54 bits per heavy atom. The molecule has 6 heteroatoms. The van der Waals surface area contributed by atoms with E-state index < -0.39 is 0 Å². The Morgan fingerprint density at radius 2 is 1.89 bits per heavy atom. The van der Waals surface area contributed by atoms with Crippen LogP contribution in [0.1, 0.15) is 58.4 Å². The standard InChI is InChI=1S/C22H33N3O3/c1-4-28-18-5-6-19-20(15-18)25(21(26)23-19)16-9-13-24(14-10-16)22(2)11-7-17(27-3)8-12-22/h5-6,15-17H,4,7-14H2,1-3H3,(H,23,26)/t17-,22-. The number of imidazole rings is 1. The van der Waals surface area contributed by atoms with Crippen LogP contribution in [0.25, 0.3) is 11.0 Å². The molecule has 1 aliphatic heterocycles. The first-order valence-electron chi connectivity index (χ1n) is 10.7. The van der Waals surface area contributed by atoms with Gasteiger partial charge in [0.1, 0.15) is 5.75 Å². The maximum atomic E-state index is 12.7. The zero-order valence-corrected chi connectivity index (χ0v) is 17.4. The minimum Gasteiger partial charge on any atom is -0.494 e. The molecule has 2 aromatic rings. The average molecular weight is 388 g/mol. The molecule has 1 aliphatic carbocycles. The lowest BCUT2D eigenvalue weighted by atomic mass is 9.79. The number of aromatic amines is 1. The summed E-state index contributed by atoms with van der Waals surface area (Å²) >= 11 is 0. The third kappa shape index (κ3) is 3.60. The fraction of sp³-hybridized carbons (Fsp3) is 0.682. The maximum absolute atomic E-state index is 12.7. The first-order valence-corrected chi connectivity index (χ1v) is 10.7. The number of nitrogens with one attached hydrogen (secondary N) is 1. The van der Waals surface area contributed by atoms with Crippen LogP contribution in [-0.2, 0) is 4.74 Å². The Balaban J connectivity index is 1.49. The Bertz CT molecular complexity index is 856. The van der Waals surface area contributed by atoms with E-state index in [0.717, 1.165) is 55.6 Å². The van der Waals surface area contributed by atoms with Crippen molar-refractivity contribution in [3.05, 3.63) is 28.7 Å². The summed E-state index contributed by atoms with van der Waals surface area (Å²) in [4.78, 5) is 18.3. The molecular formula is C22H33N3O3. The number of hydrogen-bond donors (Lipinski definition) is 1.